The summed E-state index contributed by atoms with van der Waals surface area (Å²) in [6.07, 6.45) is 13.4. The Balaban J connectivity index is 0.000000279. The molecule has 0 saturated carbocycles. The molecule has 8 aliphatic carbocycles. The van der Waals surface area contributed by atoms with E-state index in [1.54, 1.807) is 6.92 Å². The van der Waals surface area contributed by atoms with Crippen molar-refractivity contribution >= 4 is 69.2 Å². The first-order valence-corrected chi connectivity index (χ1v) is 38.6. The van der Waals surface area contributed by atoms with Crippen LogP contribution in [-0.4, -0.2) is 63.6 Å². The van der Waals surface area contributed by atoms with Crippen LogP contribution in [-0.2, 0) is 232 Å². The first-order chi connectivity index (χ1) is 51.4. The Morgan fingerprint density at radius 2 is 0.842 bits per heavy atom. The van der Waals surface area contributed by atoms with Gasteiger partial charge in [0.25, 0.3) is 0 Å². The van der Waals surface area contributed by atoms with Crippen molar-refractivity contribution in [2.75, 3.05) is 0 Å². The predicted molar refractivity (Wildman–Crippen MR) is 434 cm³/mol. The van der Waals surface area contributed by atoms with Gasteiger partial charge in [0, 0.05) is 222 Å². The molecule has 16 heteroatoms. The summed E-state index contributed by atoms with van der Waals surface area (Å²) in [4.78, 5) is 130. The molecule has 0 fully saturated rings. The van der Waals surface area contributed by atoms with Gasteiger partial charge < -0.3 is 39.4 Å². The second kappa shape index (κ2) is 43.1. The summed E-state index contributed by atoms with van der Waals surface area (Å²) in [5.74, 6) is 0.647. The molecule has 5 radical (unpaired) electrons. The third kappa shape index (κ3) is 21.2. The number of fused-ring (bicyclic) bond motifs is 9. The molecule has 0 N–H and O–H groups in total. The zero-order valence-corrected chi connectivity index (χ0v) is 84.2. The predicted octanol–water partition coefficient (Wildman–Crippen LogP) is 19.7. The fraction of sp³-hybridized carbons (Fsp3) is 0.388. The van der Waals surface area contributed by atoms with Gasteiger partial charge in [-0.1, -0.05) is 120 Å². The van der Waals surface area contributed by atoms with E-state index in [0.717, 1.165) is 99.7 Å². The van der Waals surface area contributed by atoms with Crippen molar-refractivity contribution in [1.29, 1.82) is 0 Å². The molecular formula is C98H109O11Y5-5. The number of rotatable bonds is 11. The Hall–Kier alpha value is -3.83. The van der Waals surface area contributed by atoms with Crippen LogP contribution in [0.1, 0.15) is 260 Å². The van der Waals surface area contributed by atoms with Crippen molar-refractivity contribution in [3.05, 3.63) is 283 Å². The summed E-state index contributed by atoms with van der Waals surface area (Å²) >= 11 is 0. The molecule has 7 aromatic carbocycles. The second-order valence-electron chi connectivity index (χ2n) is 32.1. The van der Waals surface area contributed by atoms with Crippen LogP contribution in [0.2, 0.25) is 0 Å². The minimum absolute atomic E-state index is 0. The van der Waals surface area contributed by atoms with Crippen molar-refractivity contribution in [1.82, 2.24) is 0 Å². The van der Waals surface area contributed by atoms with Crippen molar-refractivity contribution in [2.45, 2.75) is 213 Å². The fourth-order valence-electron chi connectivity index (χ4n) is 17.2. The minimum atomic E-state index is -0.902. The maximum absolute atomic E-state index is 12.7. The van der Waals surface area contributed by atoms with Gasteiger partial charge >= 0.3 is 0 Å². The van der Waals surface area contributed by atoms with Crippen LogP contribution in [0.15, 0.2) is 109 Å². The standard InChI is InChI=1S/C17H21O2.C17H19O.C15H17O2.C14H15O2.C13H15O.C12H12O2.C10H10O.5Y/c1-5-17(9-8-12(3)18)10-15-13(4)11(2)6-7-14(15)16(17)19;1-4-17-8-7-13(18)9-16(17)14-6-5-11(2)12(3)15(14)10-17;1-5-15(11(4)16)8-13-10(3)9(2)6-7-12(13)14(15)17;1-4-14(10(3)15)8-11-7-9(2)5-6-12(11)13(14)16;1-4-10-7-12-9(3)8(2)5-6-11(12)13(10)14;1-7-3-4-10-9(5-7)6-11(8(2)13)12(10)14;1-7-2-4-9-8(6-7)3-5-10(9)11;;;;;/h6-7H,1,5,8-10H2,2-4H3;5-6,9H,1,4,7-8,10H2,2-3H3;6-7H,1,5,8H2,2-4H3;5-7H,1,4,8H2,2-3H3;5-6,10H,1,4,7H2,2-3H3;3-5,11H,6H2,1-2H3;2,4,6H,3,5H2,1H3;;;;;/q5*-1;;;;;;;. The smallest absolute Gasteiger partial charge is 0.174 e. The van der Waals surface area contributed by atoms with E-state index in [2.05, 4.69) is 101 Å². The normalized spacial score (nSPS) is 20.6. The van der Waals surface area contributed by atoms with Gasteiger partial charge in [-0.05, 0) is 274 Å². The number of ketones is 11. The van der Waals surface area contributed by atoms with Crippen LogP contribution in [0.25, 0.3) is 5.57 Å². The third-order valence-corrected chi connectivity index (χ3v) is 25.3. The molecule has 11 nitrogen and oxygen atoms in total. The summed E-state index contributed by atoms with van der Waals surface area (Å²) in [5, 5.41) is 0. The molecule has 15 rings (SSSR count). The molecular weight excluding hydrogens is 1800 g/mol. The average molecular weight is 1910 g/mol. The van der Waals surface area contributed by atoms with E-state index >= 15 is 0 Å². The van der Waals surface area contributed by atoms with Crippen molar-refractivity contribution in [2.24, 2.45) is 33.5 Å². The summed E-state index contributed by atoms with van der Waals surface area (Å²) in [6, 6.07) is 33.7. The van der Waals surface area contributed by atoms with Gasteiger partial charge in [0.2, 0.25) is 0 Å². The van der Waals surface area contributed by atoms with E-state index in [1.165, 1.54) is 93.1 Å². The topological polar surface area (TPSA) is 188 Å². The van der Waals surface area contributed by atoms with Gasteiger partial charge in [-0.3, -0.25) is 47.9 Å². The molecule has 0 bridgehead atoms. The van der Waals surface area contributed by atoms with Gasteiger partial charge in [0.1, 0.15) is 23.1 Å². The summed E-state index contributed by atoms with van der Waals surface area (Å²) < 4.78 is 0. The summed E-state index contributed by atoms with van der Waals surface area (Å²) in [5.41, 5.74) is 27.0. The van der Waals surface area contributed by atoms with Crippen LogP contribution in [0.3, 0.4) is 0 Å². The van der Waals surface area contributed by atoms with E-state index in [4.69, 9.17) is 0 Å². The first-order valence-electron chi connectivity index (χ1n) is 38.6. The van der Waals surface area contributed by atoms with E-state index in [0.29, 0.717) is 87.5 Å². The number of Topliss-reactive ketones (excluding diaryl/α,β-unsaturated/α-hetero) is 10. The molecule has 8 aliphatic rings. The van der Waals surface area contributed by atoms with Crippen LogP contribution >= 0.6 is 0 Å². The van der Waals surface area contributed by atoms with E-state index in [9.17, 15) is 52.7 Å². The van der Waals surface area contributed by atoms with Gasteiger partial charge in [0.15, 0.2) is 40.5 Å². The number of allylic oxidation sites excluding steroid dienone is 2. The third-order valence-electron chi connectivity index (χ3n) is 25.3. The van der Waals surface area contributed by atoms with Gasteiger partial charge in [-0.15, -0.1) is 0 Å². The van der Waals surface area contributed by atoms with E-state index in [-0.39, 0.29) is 233 Å². The SMILES string of the molecule is CC(=O)C1Cc2cc(C)ccc2C1=O.Cc1ccc2c(c1)CCC2=O.[CH2-]CC1(C(C)=O)Cc2c(ccc(C)c2C)C1=O.[CH2-]CC1(C(C)=O)Cc2cc(C)ccc2C1=O.[CH2-]CC1(CCC(C)=O)Cc2c(ccc(C)c2C)C1=O.[CH2-]CC12CCC(=O)C=C1c1ccc(C)c(C)c1C2.[CH2-]CC1Cc2c(ccc(C)c2C)C1=O.[Y].[Y].[Y].[Y].[Y]. The number of hydrogen-bond acceptors (Lipinski definition) is 11. The Bertz CT molecular complexity index is 4960. The first kappa shape index (κ1) is 103. The van der Waals surface area contributed by atoms with Crippen molar-refractivity contribution < 1.29 is 216 Å². The van der Waals surface area contributed by atoms with Crippen LogP contribution in [0.5, 0.6) is 0 Å². The number of aryl methyl sites for hydroxylation is 8. The van der Waals surface area contributed by atoms with Gasteiger partial charge in [-0.25, -0.2) is 0 Å². The van der Waals surface area contributed by atoms with E-state index < -0.39 is 22.2 Å². The molecule has 0 saturated heterocycles. The molecule has 6 unspecified atom stereocenters. The Kier molecular flexibility index (Phi) is 38.8. The molecule has 7 aromatic rings. The maximum atomic E-state index is 12.7. The van der Waals surface area contributed by atoms with Crippen molar-refractivity contribution in [3.8, 4) is 0 Å². The maximum Gasteiger partial charge on any atom is 0.174 e. The Morgan fingerprint density at radius 1 is 0.404 bits per heavy atom. The monoisotopic (exact) mass is 1910 g/mol. The number of carbonyl (C=O) groups excluding carboxylic acids is 11. The largest absolute Gasteiger partial charge is 0.343 e. The Morgan fingerprint density at radius 3 is 1.33 bits per heavy atom. The summed E-state index contributed by atoms with van der Waals surface area (Å²) in [7, 11) is 0. The van der Waals surface area contributed by atoms with Gasteiger partial charge in [-0.2, -0.15) is 32.1 Å². The molecule has 0 heterocycles. The number of carbonyl (C=O) groups is 11. The quantitative estimate of drug-likeness (QED) is 0.0885. The van der Waals surface area contributed by atoms with E-state index in [1.807, 2.05) is 119 Å². The van der Waals surface area contributed by atoms with Gasteiger partial charge in [0.05, 0.1) is 16.7 Å². The zero-order valence-electron chi connectivity index (χ0n) is 70.0. The average Bonchev–Trinajstić information content (AvgIpc) is 1.60. The molecule has 0 aliphatic heterocycles. The fourth-order valence-corrected chi connectivity index (χ4v) is 17.2. The van der Waals surface area contributed by atoms with Crippen LogP contribution in [0.4, 0.5) is 0 Å². The van der Waals surface area contributed by atoms with Crippen LogP contribution in [0, 0.1) is 144 Å². The molecule has 6 atom stereocenters. The molecule has 0 amide bonds. The molecule has 0 spiro atoms. The van der Waals surface area contributed by atoms with Crippen LogP contribution < -0.4 is 0 Å². The van der Waals surface area contributed by atoms with Crippen molar-refractivity contribution in [3.63, 3.8) is 0 Å². The molecule has 587 valence electrons. The number of hydrogen-bond donors (Lipinski definition) is 0. The second-order valence-corrected chi connectivity index (χ2v) is 32.1. The number of benzene rings is 7. The molecule has 0 aromatic heterocycles. The zero-order chi connectivity index (χ0) is 80.3. The molecule has 114 heavy (non-hydrogen) atoms. The summed E-state index contributed by atoms with van der Waals surface area (Å²) in [6.45, 7) is 48.4. The Labute approximate surface area is 804 Å². The minimum Gasteiger partial charge on any atom is -0.343 e.